The Morgan fingerprint density at radius 3 is 1.55 bits per heavy atom. The summed E-state index contributed by atoms with van der Waals surface area (Å²) in [6.45, 7) is 0. The molecule has 0 aliphatic rings. The number of aromatic nitrogens is 1. The van der Waals surface area contributed by atoms with Crippen molar-refractivity contribution in [2.24, 2.45) is 0 Å². The maximum absolute atomic E-state index is 13.2. The molecule has 0 aliphatic heterocycles. The van der Waals surface area contributed by atoms with Gasteiger partial charge in [-0.05, 0) is 6.07 Å². The van der Waals surface area contributed by atoms with E-state index in [0.717, 1.165) is 6.07 Å². The molecule has 0 atom stereocenters. The number of alkyl halides is 10. The highest BCUT2D eigenvalue weighted by atomic mass is 19.4. The Labute approximate surface area is 115 Å². The van der Waals surface area contributed by atoms with Gasteiger partial charge in [0.2, 0.25) is 0 Å². The van der Waals surface area contributed by atoms with Crippen LogP contribution in [0.15, 0.2) is 12.3 Å². The summed E-state index contributed by atoms with van der Waals surface area (Å²) in [6.07, 6.45) is -13.4. The smallest absolute Gasteiger partial charge is 0.245 e. The molecule has 0 saturated heterocycles. The topological polar surface area (TPSA) is 36.7 Å². The number of pyridine rings is 1. The molecule has 0 aromatic carbocycles. The van der Waals surface area contributed by atoms with Crippen molar-refractivity contribution in [2.45, 2.75) is 24.2 Å². The molecule has 1 aromatic heterocycles. The van der Waals surface area contributed by atoms with E-state index in [-0.39, 0.29) is 0 Å². The standard InChI is InChI=1S/C10H2F10N2/c11-7(12,9(15,16)17)5-1-4(2-21)22-3-6(5)8(13,14)10(18,19)20/h1,3H. The zero-order valence-electron chi connectivity index (χ0n) is 9.83. The molecule has 1 heterocycles. The van der Waals surface area contributed by atoms with Crippen LogP contribution in [0, 0.1) is 11.3 Å². The monoisotopic (exact) mass is 340 g/mol. The van der Waals surface area contributed by atoms with Gasteiger partial charge in [-0.25, -0.2) is 4.98 Å². The van der Waals surface area contributed by atoms with Crippen LogP contribution in [0.2, 0.25) is 0 Å². The van der Waals surface area contributed by atoms with Crippen molar-refractivity contribution in [3.8, 4) is 6.07 Å². The van der Waals surface area contributed by atoms with E-state index in [1.807, 2.05) is 0 Å². The molecule has 0 bridgehead atoms. The van der Waals surface area contributed by atoms with Crippen LogP contribution in [0.4, 0.5) is 43.9 Å². The number of nitrogens with zero attached hydrogens (tertiary/aromatic N) is 2. The first-order valence-electron chi connectivity index (χ1n) is 4.96. The van der Waals surface area contributed by atoms with E-state index in [4.69, 9.17) is 5.26 Å². The average molecular weight is 340 g/mol. The molecule has 0 amide bonds. The lowest BCUT2D eigenvalue weighted by atomic mass is 9.97. The van der Waals surface area contributed by atoms with Crippen LogP contribution in [-0.2, 0) is 11.8 Å². The quantitative estimate of drug-likeness (QED) is 0.755. The van der Waals surface area contributed by atoms with E-state index in [2.05, 4.69) is 4.98 Å². The Kier molecular flexibility index (Phi) is 4.08. The second-order valence-electron chi connectivity index (χ2n) is 3.87. The van der Waals surface area contributed by atoms with Crippen LogP contribution in [-0.4, -0.2) is 17.3 Å². The van der Waals surface area contributed by atoms with Gasteiger partial charge in [0.05, 0.1) is 5.56 Å². The lowest BCUT2D eigenvalue weighted by Crippen LogP contribution is -2.40. The van der Waals surface area contributed by atoms with Crippen molar-refractivity contribution in [3.05, 3.63) is 29.1 Å². The van der Waals surface area contributed by atoms with Crippen LogP contribution < -0.4 is 0 Å². The Bertz CT molecular complexity index is 608. The summed E-state index contributed by atoms with van der Waals surface area (Å²) in [4.78, 5) is 2.69. The Hall–Kier alpha value is -2.06. The predicted octanol–water partition coefficient (Wildman–Crippen LogP) is 4.26. The van der Waals surface area contributed by atoms with Gasteiger partial charge in [0.1, 0.15) is 11.8 Å². The molecular formula is C10H2F10N2. The molecule has 0 saturated carbocycles. The second kappa shape index (κ2) is 4.99. The lowest BCUT2D eigenvalue weighted by molar-refractivity contribution is -0.301. The summed E-state index contributed by atoms with van der Waals surface area (Å²) in [5.41, 5.74) is -6.55. The fourth-order valence-corrected chi connectivity index (χ4v) is 1.33. The minimum Gasteiger partial charge on any atom is -0.245 e. The highest BCUT2D eigenvalue weighted by Gasteiger charge is 2.66. The molecule has 0 fully saturated rings. The first-order valence-corrected chi connectivity index (χ1v) is 4.96. The number of hydrogen-bond acceptors (Lipinski definition) is 2. The highest BCUT2D eigenvalue weighted by Crippen LogP contribution is 2.51. The normalized spacial score (nSPS) is 13.9. The zero-order chi connectivity index (χ0) is 17.6. The first-order chi connectivity index (χ1) is 9.66. The van der Waals surface area contributed by atoms with Gasteiger partial charge >= 0.3 is 24.2 Å². The van der Waals surface area contributed by atoms with Gasteiger partial charge in [-0.3, -0.25) is 0 Å². The van der Waals surface area contributed by atoms with Crippen LogP contribution in [0.1, 0.15) is 16.8 Å². The first kappa shape index (κ1) is 18.0. The second-order valence-corrected chi connectivity index (χ2v) is 3.87. The van der Waals surface area contributed by atoms with E-state index in [9.17, 15) is 43.9 Å². The van der Waals surface area contributed by atoms with E-state index < -0.39 is 53.3 Å². The van der Waals surface area contributed by atoms with Crippen molar-refractivity contribution < 1.29 is 43.9 Å². The zero-order valence-corrected chi connectivity index (χ0v) is 9.83. The molecule has 22 heavy (non-hydrogen) atoms. The van der Waals surface area contributed by atoms with Gasteiger partial charge < -0.3 is 0 Å². The SMILES string of the molecule is N#Cc1cc(C(F)(F)C(F)(F)F)c(C(F)(F)C(F)(F)F)cn1. The summed E-state index contributed by atoms with van der Waals surface area (Å²) < 4.78 is 126. The van der Waals surface area contributed by atoms with Crippen LogP contribution in [0.3, 0.4) is 0 Å². The summed E-state index contributed by atoms with van der Waals surface area (Å²) in [5, 5.41) is 8.34. The summed E-state index contributed by atoms with van der Waals surface area (Å²) in [5.74, 6) is -12.1. The molecule has 0 N–H and O–H groups in total. The third-order valence-electron chi connectivity index (χ3n) is 2.41. The van der Waals surface area contributed by atoms with Crippen LogP contribution in [0.25, 0.3) is 0 Å². The lowest BCUT2D eigenvalue weighted by Gasteiger charge is -2.27. The molecular weight excluding hydrogens is 338 g/mol. The van der Waals surface area contributed by atoms with Crippen molar-refractivity contribution in [2.75, 3.05) is 0 Å². The van der Waals surface area contributed by atoms with Gasteiger partial charge in [0.15, 0.2) is 0 Å². The predicted molar refractivity (Wildman–Crippen MR) is 48.8 cm³/mol. The van der Waals surface area contributed by atoms with E-state index in [1.54, 1.807) is 0 Å². The Morgan fingerprint density at radius 2 is 1.18 bits per heavy atom. The summed E-state index contributed by atoms with van der Waals surface area (Å²) in [7, 11) is 0. The molecule has 0 radical (unpaired) electrons. The largest absolute Gasteiger partial charge is 0.458 e. The van der Waals surface area contributed by atoms with E-state index in [0.29, 0.717) is 0 Å². The number of hydrogen-bond donors (Lipinski definition) is 0. The highest BCUT2D eigenvalue weighted by molar-refractivity contribution is 5.39. The van der Waals surface area contributed by atoms with E-state index >= 15 is 0 Å². The van der Waals surface area contributed by atoms with Gasteiger partial charge in [0.25, 0.3) is 0 Å². The molecule has 0 spiro atoms. The molecule has 12 heteroatoms. The molecule has 122 valence electrons. The number of rotatable bonds is 2. The fourth-order valence-electron chi connectivity index (χ4n) is 1.33. The number of halogens is 10. The van der Waals surface area contributed by atoms with Crippen LogP contribution in [0.5, 0.6) is 0 Å². The minimum atomic E-state index is -6.45. The fraction of sp³-hybridized carbons (Fsp3) is 0.400. The number of nitriles is 1. The molecule has 0 unspecified atom stereocenters. The summed E-state index contributed by atoms with van der Waals surface area (Å²) >= 11 is 0. The average Bonchev–Trinajstić information content (AvgIpc) is 2.35. The molecule has 0 aliphatic carbocycles. The third-order valence-corrected chi connectivity index (χ3v) is 2.41. The van der Waals surface area contributed by atoms with Gasteiger partial charge in [-0.1, -0.05) is 0 Å². The Balaban J connectivity index is 3.74. The van der Waals surface area contributed by atoms with Crippen molar-refractivity contribution in [3.63, 3.8) is 0 Å². The van der Waals surface area contributed by atoms with Crippen molar-refractivity contribution in [1.29, 1.82) is 5.26 Å². The van der Waals surface area contributed by atoms with Crippen LogP contribution >= 0.6 is 0 Å². The van der Waals surface area contributed by atoms with Gasteiger partial charge in [-0.15, -0.1) is 0 Å². The molecule has 1 rings (SSSR count). The maximum atomic E-state index is 13.2. The Morgan fingerprint density at radius 1 is 0.773 bits per heavy atom. The summed E-state index contributed by atoms with van der Waals surface area (Å²) in [6, 6.07) is 0.514. The van der Waals surface area contributed by atoms with E-state index in [1.165, 1.54) is 0 Å². The maximum Gasteiger partial charge on any atom is 0.458 e. The minimum absolute atomic E-state index is 0.456. The van der Waals surface area contributed by atoms with Crippen molar-refractivity contribution in [1.82, 2.24) is 4.98 Å². The molecule has 2 nitrogen and oxygen atoms in total. The van der Waals surface area contributed by atoms with Gasteiger partial charge in [-0.2, -0.15) is 49.2 Å². The van der Waals surface area contributed by atoms with Crippen molar-refractivity contribution >= 4 is 0 Å². The van der Waals surface area contributed by atoms with Gasteiger partial charge in [0, 0.05) is 11.8 Å². The molecule has 1 aromatic rings. The third kappa shape index (κ3) is 2.79.